The summed E-state index contributed by atoms with van der Waals surface area (Å²) < 4.78 is 1.22. The molecule has 0 aliphatic heterocycles. The van der Waals surface area contributed by atoms with Crippen LogP contribution in [0.2, 0.25) is 0 Å². The third-order valence-corrected chi connectivity index (χ3v) is 4.97. The van der Waals surface area contributed by atoms with Crippen LogP contribution in [0.25, 0.3) is 0 Å². The van der Waals surface area contributed by atoms with Crippen molar-refractivity contribution in [2.45, 2.75) is 44.6 Å². The summed E-state index contributed by atoms with van der Waals surface area (Å²) in [6.07, 6.45) is 7.91. The highest BCUT2D eigenvalue weighted by atomic mass is 79.9. The number of hydrogen-bond acceptors (Lipinski definition) is 2. The van der Waals surface area contributed by atoms with E-state index in [9.17, 15) is 0 Å². The second-order valence-electron chi connectivity index (χ2n) is 4.47. The van der Waals surface area contributed by atoms with Crippen molar-refractivity contribution < 1.29 is 0 Å². The van der Waals surface area contributed by atoms with Gasteiger partial charge in [0.05, 0.1) is 3.79 Å². The standard InChI is InChI=1S/C12H18BrNS/c13-12-7-6-10(15-12)8-11(14)9-4-2-1-3-5-9/h6-7,9,11H,1-5,8,14H2. The quantitative estimate of drug-likeness (QED) is 0.895. The lowest BCUT2D eigenvalue weighted by Gasteiger charge is -2.27. The van der Waals surface area contributed by atoms with Crippen LogP contribution in [0.15, 0.2) is 15.9 Å². The van der Waals surface area contributed by atoms with E-state index in [2.05, 4.69) is 28.1 Å². The summed E-state index contributed by atoms with van der Waals surface area (Å²) in [4.78, 5) is 1.42. The van der Waals surface area contributed by atoms with Gasteiger partial charge in [-0.05, 0) is 53.2 Å². The maximum Gasteiger partial charge on any atom is 0.0701 e. The van der Waals surface area contributed by atoms with Crippen LogP contribution in [0, 0.1) is 5.92 Å². The van der Waals surface area contributed by atoms with Gasteiger partial charge in [0.2, 0.25) is 0 Å². The molecule has 2 rings (SSSR count). The van der Waals surface area contributed by atoms with Gasteiger partial charge in [-0.3, -0.25) is 0 Å². The summed E-state index contributed by atoms with van der Waals surface area (Å²) in [5.41, 5.74) is 6.28. The third-order valence-electron chi connectivity index (χ3n) is 3.32. The normalized spacial score (nSPS) is 20.4. The molecule has 0 spiro atoms. The van der Waals surface area contributed by atoms with Gasteiger partial charge in [-0.1, -0.05) is 19.3 Å². The van der Waals surface area contributed by atoms with E-state index in [0.717, 1.165) is 12.3 Å². The molecule has 84 valence electrons. The molecule has 0 saturated heterocycles. The van der Waals surface area contributed by atoms with Gasteiger partial charge in [-0.15, -0.1) is 11.3 Å². The topological polar surface area (TPSA) is 26.0 Å². The van der Waals surface area contributed by atoms with Gasteiger partial charge >= 0.3 is 0 Å². The Kier molecular flexibility index (Phi) is 4.23. The zero-order chi connectivity index (χ0) is 10.7. The molecule has 0 radical (unpaired) electrons. The maximum absolute atomic E-state index is 6.28. The zero-order valence-corrected chi connectivity index (χ0v) is 11.3. The van der Waals surface area contributed by atoms with E-state index < -0.39 is 0 Å². The Morgan fingerprint density at radius 1 is 1.33 bits per heavy atom. The first-order valence-electron chi connectivity index (χ1n) is 5.75. The predicted molar refractivity (Wildman–Crippen MR) is 70.3 cm³/mol. The van der Waals surface area contributed by atoms with Gasteiger partial charge in [0.1, 0.15) is 0 Å². The van der Waals surface area contributed by atoms with Gasteiger partial charge in [0.15, 0.2) is 0 Å². The first-order chi connectivity index (χ1) is 7.25. The highest BCUT2D eigenvalue weighted by Crippen LogP contribution is 2.29. The average Bonchev–Trinajstić information content (AvgIpc) is 2.65. The number of halogens is 1. The van der Waals surface area contributed by atoms with Gasteiger partial charge in [-0.25, -0.2) is 0 Å². The Morgan fingerprint density at radius 2 is 2.07 bits per heavy atom. The summed E-state index contributed by atoms with van der Waals surface area (Å²) in [6.45, 7) is 0. The predicted octanol–water partition coefficient (Wildman–Crippen LogP) is 3.96. The molecule has 3 heteroatoms. The minimum Gasteiger partial charge on any atom is -0.327 e. The molecule has 1 nitrogen and oxygen atoms in total. The lowest BCUT2D eigenvalue weighted by atomic mass is 9.83. The first kappa shape index (κ1) is 11.6. The minimum absolute atomic E-state index is 0.371. The fourth-order valence-electron chi connectivity index (χ4n) is 2.42. The lowest BCUT2D eigenvalue weighted by Crippen LogP contribution is -2.33. The van der Waals surface area contributed by atoms with Crippen LogP contribution in [0.4, 0.5) is 0 Å². The number of hydrogen-bond donors (Lipinski definition) is 1. The highest BCUT2D eigenvalue weighted by Gasteiger charge is 2.20. The molecule has 1 aromatic heterocycles. The summed E-state index contributed by atoms with van der Waals surface area (Å²) in [6, 6.07) is 4.68. The van der Waals surface area contributed by atoms with E-state index in [4.69, 9.17) is 5.73 Å². The summed E-state index contributed by atoms with van der Waals surface area (Å²) in [5.74, 6) is 0.764. The van der Waals surface area contributed by atoms with Crippen molar-refractivity contribution in [1.29, 1.82) is 0 Å². The van der Waals surface area contributed by atoms with Crippen molar-refractivity contribution in [1.82, 2.24) is 0 Å². The number of nitrogens with two attached hydrogens (primary N) is 1. The fourth-order valence-corrected chi connectivity index (χ4v) is 3.98. The first-order valence-corrected chi connectivity index (χ1v) is 7.36. The molecule has 1 saturated carbocycles. The molecule has 15 heavy (non-hydrogen) atoms. The molecule has 1 fully saturated rings. The SMILES string of the molecule is NC(Cc1ccc(Br)s1)C1CCCCC1. The molecular weight excluding hydrogens is 270 g/mol. The van der Waals surface area contributed by atoms with E-state index in [-0.39, 0.29) is 0 Å². The molecule has 1 aliphatic carbocycles. The zero-order valence-electron chi connectivity index (χ0n) is 8.92. The monoisotopic (exact) mass is 287 g/mol. The molecule has 1 atom stereocenters. The molecule has 1 aromatic rings. The van der Waals surface area contributed by atoms with Crippen LogP contribution in [-0.2, 0) is 6.42 Å². The Balaban J connectivity index is 1.88. The summed E-state index contributed by atoms with van der Waals surface area (Å²) >= 11 is 5.31. The third kappa shape index (κ3) is 3.30. The molecule has 1 heterocycles. The van der Waals surface area contributed by atoms with Gasteiger partial charge in [0.25, 0.3) is 0 Å². The van der Waals surface area contributed by atoms with Crippen molar-refractivity contribution >= 4 is 27.3 Å². The maximum atomic E-state index is 6.28. The number of rotatable bonds is 3. The highest BCUT2D eigenvalue weighted by molar-refractivity contribution is 9.11. The van der Waals surface area contributed by atoms with Crippen LogP contribution in [0.5, 0.6) is 0 Å². The Hall–Kier alpha value is 0.140. The van der Waals surface area contributed by atoms with Crippen molar-refractivity contribution in [2.24, 2.45) is 11.7 Å². The van der Waals surface area contributed by atoms with E-state index in [0.29, 0.717) is 6.04 Å². The Bertz CT molecular complexity index is 304. The van der Waals surface area contributed by atoms with Gasteiger partial charge in [-0.2, -0.15) is 0 Å². The number of thiophene rings is 1. The molecular formula is C12H18BrNS. The lowest BCUT2D eigenvalue weighted by molar-refractivity contribution is 0.304. The fraction of sp³-hybridized carbons (Fsp3) is 0.667. The summed E-state index contributed by atoms with van der Waals surface area (Å²) in [5, 5.41) is 0. The smallest absolute Gasteiger partial charge is 0.0701 e. The Morgan fingerprint density at radius 3 is 2.67 bits per heavy atom. The second-order valence-corrected chi connectivity index (χ2v) is 7.02. The van der Waals surface area contributed by atoms with Crippen molar-refractivity contribution in [3.63, 3.8) is 0 Å². The summed E-state index contributed by atoms with van der Waals surface area (Å²) in [7, 11) is 0. The van der Waals surface area contributed by atoms with Gasteiger partial charge < -0.3 is 5.73 Å². The van der Waals surface area contributed by atoms with E-state index in [1.54, 1.807) is 0 Å². The van der Waals surface area contributed by atoms with E-state index in [1.807, 2.05) is 11.3 Å². The van der Waals surface area contributed by atoms with Crippen LogP contribution in [0.3, 0.4) is 0 Å². The van der Waals surface area contributed by atoms with E-state index >= 15 is 0 Å². The molecule has 0 bridgehead atoms. The average molecular weight is 288 g/mol. The second kappa shape index (κ2) is 5.46. The minimum atomic E-state index is 0.371. The largest absolute Gasteiger partial charge is 0.327 e. The molecule has 2 N–H and O–H groups in total. The Labute approximate surface area is 104 Å². The van der Waals surface area contributed by atoms with Crippen molar-refractivity contribution in [3.8, 4) is 0 Å². The van der Waals surface area contributed by atoms with Crippen molar-refractivity contribution in [3.05, 3.63) is 20.8 Å². The van der Waals surface area contributed by atoms with Crippen molar-refractivity contribution in [2.75, 3.05) is 0 Å². The molecule has 0 amide bonds. The van der Waals surface area contributed by atoms with Crippen LogP contribution in [-0.4, -0.2) is 6.04 Å². The molecule has 0 aromatic carbocycles. The van der Waals surface area contributed by atoms with Crippen LogP contribution in [0.1, 0.15) is 37.0 Å². The molecule has 1 unspecified atom stereocenters. The molecule has 1 aliphatic rings. The van der Waals surface area contributed by atoms with E-state index in [1.165, 1.54) is 40.8 Å². The van der Waals surface area contributed by atoms with Crippen LogP contribution < -0.4 is 5.73 Å². The van der Waals surface area contributed by atoms with Crippen LogP contribution >= 0.6 is 27.3 Å². The van der Waals surface area contributed by atoms with Gasteiger partial charge in [0, 0.05) is 10.9 Å².